The molecule has 0 aliphatic carbocycles. The topological polar surface area (TPSA) is 102 Å². The van der Waals surface area contributed by atoms with Gasteiger partial charge in [-0.1, -0.05) is 62.6 Å². The number of aromatic nitrogens is 2. The van der Waals surface area contributed by atoms with Crippen molar-refractivity contribution in [2.24, 2.45) is 5.92 Å². The molecule has 142 valence electrons. The molecule has 0 aliphatic rings. The quantitative estimate of drug-likeness (QED) is 0.718. The van der Waals surface area contributed by atoms with Crippen molar-refractivity contribution in [2.45, 2.75) is 57.1 Å². The fraction of sp³-hybridized carbons (Fsp3) is 0.500. The standard InChI is InChI=1S/C18H25N3O4S/c1-4-5-11-15(22)19-16(13(2)3)17-20-21-18(25-17)26(23,24)12-14-9-7-6-8-10-14/h6-10,13,16H,4-5,11-12H2,1-3H3,(H,19,22)/t16-/m0/s1. The predicted molar refractivity (Wildman–Crippen MR) is 96.9 cm³/mol. The molecular weight excluding hydrogens is 354 g/mol. The van der Waals surface area contributed by atoms with Crippen molar-refractivity contribution >= 4 is 15.7 Å². The molecule has 0 spiro atoms. The van der Waals surface area contributed by atoms with Crippen molar-refractivity contribution in [2.75, 3.05) is 0 Å². The van der Waals surface area contributed by atoms with E-state index in [-0.39, 0.29) is 23.5 Å². The Bertz CT molecular complexity index is 816. The Labute approximate surface area is 154 Å². The molecule has 0 saturated carbocycles. The summed E-state index contributed by atoms with van der Waals surface area (Å²) < 4.78 is 30.4. The Hall–Kier alpha value is -2.22. The zero-order valence-electron chi connectivity index (χ0n) is 15.3. The average Bonchev–Trinajstić information content (AvgIpc) is 3.08. The highest BCUT2D eigenvalue weighted by Crippen LogP contribution is 2.23. The molecular formula is C18H25N3O4S. The highest BCUT2D eigenvalue weighted by Gasteiger charge is 2.28. The molecule has 0 saturated heterocycles. The Morgan fingerprint density at radius 1 is 1.19 bits per heavy atom. The Balaban J connectivity index is 2.16. The van der Waals surface area contributed by atoms with E-state index in [1.54, 1.807) is 24.3 Å². The minimum absolute atomic E-state index is 0.0225. The second kappa shape index (κ2) is 8.93. The van der Waals surface area contributed by atoms with E-state index in [0.29, 0.717) is 12.0 Å². The van der Waals surface area contributed by atoms with Gasteiger partial charge in [-0.15, -0.1) is 5.10 Å². The maximum absolute atomic E-state index is 12.5. The van der Waals surface area contributed by atoms with Gasteiger partial charge in [-0.25, -0.2) is 8.42 Å². The summed E-state index contributed by atoms with van der Waals surface area (Å²) in [6, 6.07) is 8.28. The summed E-state index contributed by atoms with van der Waals surface area (Å²) in [6.45, 7) is 5.80. The van der Waals surface area contributed by atoms with Gasteiger partial charge >= 0.3 is 5.22 Å². The highest BCUT2D eigenvalue weighted by molar-refractivity contribution is 7.90. The number of amides is 1. The molecule has 1 aromatic heterocycles. The van der Waals surface area contributed by atoms with Gasteiger partial charge in [0.15, 0.2) is 0 Å². The summed E-state index contributed by atoms with van der Waals surface area (Å²) in [5.41, 5.74) is 0.639. The third kappa shape index (κ3) is 5.39. The highest BCUT2D eigenvalue weighted by atomic mass is 32.2. The number of carbonyl (C=O) groups is 1. The van der Waals surface area contributed by atoms with Crippen molar-refractivity contribution in [1.29, 1.82) is 0 Å². The van der Waals surface area contributed by atoms with E-state index >= 15 is 0 Å². The molecule has 0 aliphatic heterocycles. The van der Waals surface area contributed by atoms with Crippen LogP contribution in [0, 0.1) is 5.92 Å². The van der Waals surface area contributed by atoms with Crippen LogP contribution >= 0.6 is 0 Å². The molecule has 2 aromatic rings. The van der Waals surface area contributed by atoms with Gasteiger partial charge in [0, 0.05) is 6.42 Å². The van der Waals surface area contributed by atoms with Crippen LogP contribution in [0.15, 0.2) is 40.0 Å². The van der Waals surface area contributed by atoms with E-state index in [2.05, 4.69) is 15.5 Å². The number of benzene rings is 1. The Morgan fingerprint density at radius 2 is 1.88 bits per heavy atom. The summed E-state index contributed by atoms with van der Waals surface area (Å²) in [4.78, 5) is 12.0. The number of carbonyl (C=O) groups excluding carboxylic acids is 1. The van der Waals surface area contributed by atoms with Gasteiger partial charge in [0.05, 0.1) is 5.75 Å². The normalized spacial score (nSPS) is 12.9. The second-order valence-corrected chi connectivity index (χ2v) is 8.41. The number of unbranched alkanes of at least 4 members (excludes halogenated alkanes) is 1. The van der Waals surface area contributed by atoms with Gasteiger partial charge < -0.3 is 9.73 Å². The van der Waals surface area contributed by atoms with Crippen LogP contribution in [0.4, 0.5) is 0 Å². The molecule has 0 unspecified atom stereocenters. The van der Waals surface area contributed by atoms with Crippen molar-refractivity contribution in [3.8, 4) is 0 Å². The smallest absolute Gasteiger partial charge is 0.335 e. The first-order chi connectivity index (χ1) is 12.3. The molecule has 1 heterocycles. The lowest BCUT2D eigenvalue weighted by molar-refractivity contribution is -0.122. The average molecular weight is 379 g/mol. The number of sulfone groups is 1. The largest absolute Gasteiger partial charge is 0.410 e. The molecule has 8 heteroatoms. The first-order valence-corrected chi connectivity index (χ1v) is 10.4. The summed E-state index contributed by atoms with van der Waals surface area (Å²) in [6.07, 6.45) is 2.12. The number of nitrogens with zero attached hydrogens (tertiary/aromatic N) is 2. The fourth-order valence-corrected chi connectivity index (χ4v) is 3.56. The third-order valence-corrected chi connectivity index (χ3v) is 5.30. The minimum Gasteiger partial charge on any atom is -0.410 e. The predicted octanol–water partition coefficient (Wildman–Crippen LogP) is 3.05. The van der Waals surface area contributed by atoms with E-state index in [0.717, 1.165) is 12.8 Å². The lowest BCUT2D eigenvalue weighted by Gasteiger charge is -2.18. The van der Waals surface area contributed by atoms with Gasteiger partial charge in [0.25, 0.3) is 0 Å². The zero-order chi connectivity index (χ0) is 19.2. The van der Waals surface area contributed by atoms with Crippen molar-refractivity contribution in [1.82, 2.24) is 15.5 Å². The molecule has 2 rings (SSSR count). The molecule has 0 fully saturated rings. The zero-order valence-corrected chi connectivity index (χ0v) is 16.1. The van der Waals surface area contributed by atoms with E-state index in [4.69, 9.17) is 4.42 Å². The molecule has 0 bridgehead atoms. The van der Waals surface area contributed by atoms with Crippen LogP contribution in [0.5, 0.6) is 0 Å². The van der Waals surface area contributed by atoms with Gasteiger partial charge in [-0.3, -0.25) is 4.79 Å². The van der Waals surface area contributed by atoms with Crippen molar-refractivity contribution < 1.29 is 17.6 Å². The van der Waals surface area contributed by atoms with Gasteiger partial charge in [0.2, 0.25) is 21.6 Å². The second-order valence-electron chi connectivity index (χ2n) is 6.54. The van der Waals surface area contributed by atoms with Crippen LogP contribution in [-0.2, 0) is 20.4 Å². The van der Waals surface area contributed by atoms with Crippen molar-refractivity contribution in [3.63, 3.8) is 0 Å². The monoisotopic (exact) mass is 379 g/mol. The lowest BCUT2D eigenvalue weighted by Crippen LogP contribution is -2.31. The van der Waals surface area contributed by atoms with Crippen LogP contribution in [0.2, 0.25) is 0 Å². The summed E-state index contributed by atoms with van der Waals surface area (Å²) >= 11 is 0. The first-order valence-electron chi connectivity index (χ1n) is 8.73. The Morgan fingerprint density at radius 3 is 2.50 bits per heavy atom. The molecule has 1 amide bonds. The molecule has 1 N–H and O–H groups in total. The van der Waals surface area contributed by atoms with Crippen LogP contribution in [0.1, 0.15) is 57.5 Å². The third-order valence-electron chi connectivity index (χ3n) is 3.89. The van der Waals surface area contributed by atoms with Crippen LogP contribution in [0.3, 0.4) is 0 Å². The maximum Gasteiger partial charge on any atom is 0.335 e. The first kappa shape index (κ1) is 20.1. The molecule has 0 radical (unpaired) electrons. The van der Waals surface area contributed by atoms with E-state index < -0.39 is 21.1 Å². The summed E-state index contributed by atoms with van der Waals surface area (Å²) in [7, 11) is -3.75. The maximum atomic E-state index is 12.5. The number of rotatable bonds is 9. The molecule has 1 atom stereocenters. The molecule has 7 nitrogen and oxygen atoms in total. The van der Waals surface area contributed by atoms with Gasteiger partial charge in [-0.2, -0.15) is 0 Å². The SMILES string of the molecule is CCCCC(=O)N[C@H](c1nnc(S(=O)(=O)Cc2ccccc2)o1)C(C)C. The van der Waals surface area contributed by atoms with E-state index in [9.17, 15) is 13.2 Å². The van der Waals surface area contributed by atoms with Crippen molar-refractivity contribution in [3.05, 3.63) is 41.8 Å². The number of hydrogen-bond donors (Lipinski definition) is 1. The van der Waals surface area contributed by atoms with Gasteiger partial charge in [-0.05, 0) is 17.9 Å². The number of nitrogens with one attached hydrogen (secondary N) is 1. The lowest BCUT2D eigenvalue weighted by atomic mass is 10.0. The Kier molecular flexibility index (Phi) is 6.90. The molecule has 1 aromatic carbocycles. The van der Waals surface area contributed by atoms with Crippen LogP contribution < -0.4 is 5.32 Å². The minimum atomic E-state index is -3.75. The number of hydrogen-bond acceptors (Lipinski definition) is 6. The van der Waals surface area contributed by atoms with Gasteiger partial charge in [0.1, 0.15) is 6.04 Å². The van der Waals surface area contributed by atoms with Crippen LogP contribution in [-0.4, -0.2) is 24.5 Å². The fourth-order valence-electron chi connectivity index (χ4n) is 2.42. The summed E-state index contributed by atoms with van der Waals surface area (Å²) in [5.74, 6) is -0.246. The van der Waals surface area contributed by atoms with E-state index in [1.807, 2.05) is 26.8 Å². The summed E-state index contributed by atoms with van der Waals surface area (Å²) in [5, 5.41) is 10.00. The van der Waals surface area contributed by atoms with Crippen LogP contribution in [0.25, 0.3) is 0 Å². The van der Waals surface area contributed by atoms with E-state index in [1.165, 1.54) is 0 Å². The molecule has 26 heavy (non-hydrogen) atoms.